The first kappa shape index (κ1) is 51.0. The number of nitrogens with zero attached hydrogens (tertiary/aromatic N) is 3. The minimum Gasteiger partial charge on any atom is -0.545 e. The number of hydrogen-bond acceptors (Lipinski definition) is 10. The predicted molar refractivity (Wildman–Crippen MR) is 252 cm³/mol. The molecular formula is C55H47F8N3O9. The Morgan fingerprint density at radius 2 is 1.09 bits per heavy atom. The molecule has 0 saturated heterocycles. The third-order valence-electron chi connectivity index (χ3n) is 15.0. The summed E-state index contributed by atoms with van der Waals surface area (Å²) in [5.41, 5.74) is 4.72. The zero-order valence-electron chi connectivity index (χ0n) is 40.4. The molecule has 20 heteroatoms. The third-order valence-corrected chi connectivity index (χ3v) is 15.0. The summed E-state index contributed by atoms with van der Waals surface area (Å²) in [5, 5.41) is 31.2. The Labute approximate surface area is 422 Å². The Morgan fingerprint density at radius 3 is 1.68 bits per heavy atom. The highest BCUT2D eigenvalue weighted by atomic mass is 19.2. The van der Waals surface area contributed by atoms with Crippen LogP contribution >= 0.6 is 0 Å². The molecule has 12 nitrogen and oxygen atoms in total. The number of benzene rings is 5. The number of phenolic OH excluding ortho intramolecular Hbond substituents is 1. The van der Waals surface area contributed by atoms with Crippen LogP contribution in [0.5, 0.6) is 17.2 Å². The van der Waals surface area contributed by atoms with E-state index in [4.69, 9.17) is 9.84 Å². The van der Waals surface area contributed by atoms with E-state index in [0.29, 0.717) is 40.9 Å². The second-order valence-electron chi connectivity index (χ2n) is 19.3. The van der Waals surface area contributed by atoms with Crippen molar-refractivity contribution in [2.75, 3.05) is 49.1 Å². The zero-order chi connectivity index (χ0) is 53.3. The fourth-order valence-electron chi connectivity index (χ4n) is 11.8. The lowest BCUT2D eigenvalue weighted by Gasteiger charge is -2.39. The summed E-state index contributed by atoms with van der Waals surface area (Å²) in [7, 11) is 0. The van der Waals surface area contributed by atoms with Crippen molar-refractivity contribution in [3.05, 3.63) is 143 Å². The second-order valence-corrected chi connectivity index (χ2v) is 19.3. The lowest BCUT2D eigenvalue weighted by Crippen LogP contribution is -2.45. The van der Waals surface area contributed by atoms with Gasteiger partial charge in [-0.2, -0.15) is 0 Å². The first-order valence-corrected chi connectivity index (χ1v) is 24.9. The number of aliphatic carboxylic acids is 1. The Balaban J connectivity index is 0.000000153. The molecule has 0 fully saturated rings. The SMILES string of the molecule is CCC(=O)O.O=C([O-])c1c(F)c(F)c(F)c(F)c1C1=c2cc3c4c(c2Oc2c1cc1c5c2CCCN5CCC1)CCC[N+]=4CCC3.O=C1OC(=O)c2c(F)c(F)c(F)c(F)c21.Oc1ccc2c3c1CCCN3CCC2. The van der Waals surface area contributed by atoms with Crippen molar-refractivity contribution in [3.8, 4) is 17.2 Å². The summed E-state index contributed by atoms with van der Waals surface area (Å²) in [6.45, 7) is 7.54. The van der Waals surface area contributed by atoms with Gasteiger partial charge in [-0.1, -0.05) is 13.0 Å². The number of phenols is 1. The van der Waals surface area contributed by atoms with Gasteiger partial charge in [0.15, 0.2) is 46.5 Å². The van der Waals surface area contributed by atoms with E-state index in [0.717, 1.165) is 104 Å². The molecule has 2 N–H and O–H groups in total. The van der Waals surface area contributed by atoms with Crippen molar-refractivity contribution < 1.29 is 79.1 Å². The summed E-state index contributed by atoms with van der Waals surface area (Å²) >= 11 is 0. The number of aromatic hydroxyl groups is 1. The van der Waals surface area contributed by atoms with Gasteiger partial charge in [-0.15, -0.1) is 0 Å². The van der Waals surface area contributed by atoms with Crippen LogP contribution in [0.15, 0.2) is 24.3 Å². The number of carboxylic acid groups (broad SMARTS) is 2. The topological polar surface area (TPSA) is 160 Å². The highest BCUT2D eigenvalue weighted by Gasteiger charge is 2.42. The second kappa shape index (κ2) is 20.0. The predicted octanol–water partition coefficient (Wildman–Crippen LogP) is 7.17. The molecule has 13 rings (SSSR count). The number of carboxylic acids is 2. The van der Waals surface area contributed by atoms with Crippen molar-refractivity contribution in [1.82, 2.24) is 4.58 Å². The lowest BCUT2D eigenvalue weighted by atomic mass is 9.81. The van der Waals surface area contributed by atoms with E-state index in [1.165, 1.54) is 49.2 Å². The molecule has 0 saturated carbocycles. The monoisotopic (exact) mass is 1050 g/mol. The standard InChI is InChI=1S/C32H26F4N2O3.C12H15NO.C8F4O3.C3H6O2/c33-24-22(23(32(39)40)25(34)27(36)26(24)35)21-19-13-15-5-1-9-37-11-3-7-17(28(15)37)30(19)41-31-18-8-4-12-38-10-2-6-16(29(18)38)14-20(21)31;14-11-6-5-9-3-1-7-13-8-2-4-10(11)12(9)13;9-3-1-2(8(14)15-7(1)13)4(10)6(12)5(3)11;1-2-3(4)5/h13-14H,1-12H2;5-6,14H,1-4,7-8H2;;2H2,1H3,(H,4,5). The van der Waals surface area contributed by atoms with Crippen LogP contribution in [-0.4, -0.2) is 73.4 Å². The van der Waals surface area contributed by atoms with E-state index in [2.05, 4.69) is 25.2 Å². The van der Waals surface area contributed by atoms with Gasteiger partial charge in [0.2, 0.25) is 5.36 Å². The molecule has 0 unspecified atom stereocenters. The normalized spacial score (nSPS) is 16.9. The van der Waals surface area contributed by atoms with Gasteiger partial charge in [-0.25, -0.2) is 49.3 Å². The number of anilines is 2. The summed E-state index contributed by atoms with van der Waals surface area (Å²) in [5.74, 6) is -20.7. The molecule has 75 heavy (non-hydrogen) atoms. The van der Waals surface area contributed by atoms with Crippen LogP contribution in [0, 0.1) is 46.5 Å². The highest BCUT2D eigenvalue weighted by Crippen LogP contribution is 2.50. The average molecular weight is 1050 g/mol. The number of ether oxygens (including phenoxy) is 2. The van der Waals surface area contributed by atoms with Gasteiger partial charge in [-0.05, 0) is 93.5 Å². The molecule has 8 heterocycles. The minimum absolute atomic E-state index is 0.0132. The number of carbonyl (C=O) groups excluding carboxylic acids is 3. The van der Waals surface area contributed by atoms with Gasteiger partial charge in [0, 0.05) is 101 Å². The molecule has 0 aliphatic carbocycles. The number of fused-ring (bicyclic) bond motifs is 5. The fourth-order valence-corrected chi connectivity index (χ4v) is 11.8. The Hall–Kier alpha value is -7.51. The molecule has 0 aromatic heterocycles. The molecule has 0 bridgehead atoms. The van der Waals surface area contributed by atoms with Gasteiger partial charge in [0.05, 0.1) is 11.5 Å². The number of aryl methyl sites for hydroxylation is 3. The van der Waals surface area contributed by atoms with Gasteiger partial charge in [-0.3, -0.25) is 4.79 Å². The lowest BCUT2D eigenvalue weighted by molar-refractivity contribution is -0.255. The number of aromatic carboxylic acids is 1. The molecule has 8 aliphatic heterocycles. The Bertz CT molecular complexity index is 3420. The van der Waals surface area contributed by atoms with Crippen LogP contribution in [0.25, 0.3) is 5.57 Å². The number of carbonyl (C=O) groups is 4. The van der Waals surface area contributed by atoms with E-state index in [1.54, 1.807) is 6.92 Å². The van der Waals surface area contributed by atoms with Crippen LogP contribution < -0.4 is 34.8 Å². The largest absolute Gasteiger partial charge is 0.545 e. The average Bonchev–Trinajstić information content (AvgIpc) is 3.72. The van der Waals surface area contributed by atoms with E-state index in [9.17, 15) is 55.7 Å². The van der Waals surface area contributed by atoms with Gasteiger partial charge in [0.1, 0.15) is 41.5 Å². The van der Waals surface area contributed by atoms with Crippen LogP contribution in [0.2, 0.25) is 0 Å². The van der Waals surface area contributed by atoms with Crippen molar-refractivity contribution in [3.63, 3.8) is 0 Å². The zero-order valence-corrected chi connectivity index (χ0v) is 40.4. The van der Waals surface area contributed by atoms with Gasteiger partial charge >= 0.3 is 17.9 Å². The number of hydrogen-bond donors (Lipinski definition) is 2. The van der Waals surface area contributed by atoms with Crippen molar-refractivity contribution >= 4 is 40.8 Å². The number of halogens is 8. The minimum atomic E-state index is -2.18. The molecular weight excluding hydrogens is 999 g/mol. The summed E-state index contributed by atoms with van der Waals surface area (Å²) in [6.07, 6.45) is 11.3. The maximum Gasteiger partial charge on any atom is 0.350 e. The number of esters is 2. The fraction of sp³-hybridized carbons (Fsp3) is 0.364. The van der Waals surface area contributed by atoms with E-state index < -0.39 is 92.7 Å². The maximum absolute atomic E-state index is 15.9. The smallest absolute Gasteiger partial charge is 0.350 e. The number of cyclic esters (lactones) is 2. The summed E-state index contributed by atoms with van der Waals surface area (Å²) in [6, 6.07) is 7.65. The van der Waals surface area contributed by atoms with Crippen molar-refractivity contribution in [2.24, 2.45) is 0 Å². The summed E-state index contributed by atoms with van der Waals surface area (Å²) in [4.78, 5) is 48.0. The van der Waals surface area contributed by atoms with Gasteiger partial charge < -0.3 is 39.4 Å². The number of rotatable bonds is 3. The molecule has 392 valence electrons. The molecule has 5 aromatic carbocycles. The molecule has 5 aromatic rings. The Kier molecular flexibility index (Phi) is 13.6. The van der Waals surface area contributed by atoms with E-state index in [1.807, 2.05) is 18.2 Å². The van der Waals surface area contributed by atoms with Crippen LogP contribution in [-0.2, 0) is 48.1 Å². The van der Waals surface area contributed by atoms with E-state index >= 15 is 8.78 Å². The van der Waals surface area contributed by atoms with Crippen molar-refractivity contribution in [1.29, 1.82) is 0 Å². The summed E-state index contributed by atoms with van der Waals surface area (Å²) < 4.78 is 124. The maximum atomic E-state index is 15.9. The first-order chi connectivity index (χ1) is 35.9. The molecule has 0 amide bonds. The molecule has 8 aliphatic rings. The first-order valence-electron chi connectivity index (χ1n) is 24.9. The molecule has 0 spiro atoms. The van der Waals surface area contributed by atoms with E-state index in [-0.39, 0.29) is 12.0 Å². The quantitative estimate of drug-likeness (QED) is 0.0463. The van der Waals surface area contributed by atoms with Crippen LogP contribution in [0.1, 0.15) is 127 Å². The third kappa shape index (κ3) is 8.58. The van der Waals surface area contributed by atoms with Crippen LogP contribution in [0.3, 0.4) is 0 Å². The van der Waals surface area contributed by atoms with Crippen molar-refractivity contribution in [2.45, 2.75) is 90.4 Å². The van der Waals surface area contributed by atoms with Crippen LogP contribution in [0.4, 0.5) is 46.5 Å². The van der Waals surface area contributed by atoms with Gasteiger partial charge in [0.25, 0.3) is 0 Å². The molecule has 0 radical (unpaired) electrons. The Morgan fingerprint density at radius 1 is 0.600 bits per heavy atom. The molecule has 0 atom stereocenters. The highest BCUT2D eigenvalue weighted by molar-refractivity contribution is 6.15.